The SMILES string of the molecule is C=C(N=C(N=C(C)c1ccc2nc3c4ccccc4ccn3c(=O)c2c1)c1ccccc1)c1ccccc1. The zero-order valence-corrected chi connectivity index (χ0v) is 20.9. The van der Waals surface area contributed by atoms with Gasteiger partial charge in [-0.15, -0.1) is 0 Å². The second-order valence-electron chi connectivity index (χ2n) is 9.06. The number of amidine groups is 1. The molecule has 0 amide bonds. The number of hydrogen-bond acceptors (Lipinski definition) is 3. The molecule has 6 rings (SSSR count). The summed E-state index contributed by atoms with van der Waals surface area (Å²) >= 11 is 0. The average molecular weight is 493 g/mol. The molecule has 0 fully saturated rings. The number of pyridine rings is 1. The average Bonchev–Trinajstić information content (AvgIpc) is 2.97. The van der Waals surface area contributed by atoms with Gasteiger partial charge in [-0.3, -0.25) is 9.20 Å². The first-order chi connectivity index (χ1) is 18.6. The Balaban J connectivity index is 1.47. The van der Waals surface area contributed by atoms with Gasteiger partial charge in [0.2, 0.25) is 0 Å². The highest BCUT2D eigenvalue weighted by Crippen LogP contribution is 2.21. The Bertz CT molecular complexity index is 1950. The van der Waals surface area contributed by atoms with Crippen molar-refractivity contribution >= 4 is 44.6 Å². The number of nitrogens with zero attached hydrogens (tertiary/aromatic N) is 4. The predicted octanol–water partition coefficient (Wildman–Crippen LogP) is 6.93. The minimum Gasteiger partial charge on any atom is -0.268 e. The molecule has 0 radical (unpaired) electrons. The zero-order valence-electron chi connectivity index (χ0n) is 20.9. The van der Waals surface area contributed by atoms with E-state index in [4.69, 9.17) is 15.0 Å². The lowest BCUT2D eigenvalue weighted by Gasteiger charge is -2.09. The van der Waals surface area contributed by atoms with E-state index in [0.29, 0.717) is 28.1 Å². The molecule has 0 aliphatic rings. The van der Waals surface area contributed by atoms with Crippen LogP contribution in [0.2, 0.25) is 0 Å². The number of fused-ring (bicyclic) bond motifs is 4. The first-order valence-electron chi connectivity index (χ1n) is 12.4. The lowest BCUT2D eigenvalue weighted by atomic mass is 10.1. The number of hydrogen-bond donors (Lipinski definition) is 0. The van der Waals surface area contributed by atoms with Crippen LogP contribution in [0.5, 0.6) is 0 Å². The lowest BCUT2D eigenvalue weighted by molar-refractivity contribution is 1.09. The van der Waals surface area contributed by atoms with Gasteiger partial charge in [-0.1, -0.05) is 97.6 Å². The highest BCUT2D eigenvalue weighted by Gasteiger charge is 2.11. The van der Waals surface area contributed by atoms with Crippen molar-refractivity contribution in [3.63, 3.8) is 0 Å². The third-order valence-corrected chi connectivity index (χ3v) is 6.58. The van der Waals surface area contributed by atoms with Crippen molar-refractivity contribution < 1.29 is 0 Å². The first kappa shape index (κ1) is 23.3. The molecule has 6 aromatic rings. The monoisotopic (exact) mass is 492 g/mol. The number of aromatic nitrogens is 2. The minimum atomic E-state index is -0.111. The molecule has 0 atom stereocenters. The van der Waals surface area contributed by atoms with E-state index in [1.807, 2.05) is 116 Å². The molecular formula is C33H24N4O. The molecule has 0 aliphatic heterocycles. The smallest absolute Gasteiger partial charge is 0.265 e. The summed E-state index contributed by atoms with van der Waals surface area (Å²) in [6.07, 6.45) is 1.79. The van der Waals surface area contributed by atoms with Gasteiger partial charge in [-0.25, -0.2) is 15.0 Å². The topological polar surface area (TPSA) is 59.1 Å². The molecule has 5 nitrogen and oxygen atoms in total. The van der Waals surface area contributed by atoms with Crippen LogP contribution in [0.15, 0.2) is 137 Å². The third-order valence-electron chi connectivity index (χ3n) is 6.58. The van der Waals surface area contributed by atoms with Gasteiger partial charge >= 0.3 is 0 Å². The van der Waals surface area contributed by atoms with E-state index in [0.717, 1.165) is 33.2 Å². The fourth-order valence-electron chi connectivity index (χ4n) is 4.54. The molecule has 0 N–H and O–H groups in total. The Morgan fingerprint density at radius 3 is 2.18 bits per heavy atom. The summed E-state index contributed by atoms with van der Waals surface area (Å²) in [5.74, 6) is 0.553. The van der Waals surface area contributed by atoms with Gasteiger partial charge in [0.15, 0.2) is 5.84 Å². The van der Waals surface area contributed by atoms with Gasteiger partial charge < -0.3 is 0 Å². The van der Waals surface area contributed by atoms with Gasteiger partial charge in [0, 0.05) is 22.9 Å². The summed E-state index contributed by atoms with van der Waals surface area (Å²) in [5, 5.41) is 2.53. The fraction of sp³-hybridized carbons (Fsp3) is 0.0303. The molecule has 0 aliphatic carbocycles. The Hall–Kier alpha value is -5.16. The van der Waals surface area contributed by atoms with Crippen LogP contribution in [-0.4, -0.2) is 20.9 Å². The van der Waals surface area contributed by atoms with Gasteiger partial charge in [0.1, 0.15) is 5.65 Å². The van der Waals surface area contributed by atoms with Crippen LogP contribution in [0.4, 0.5) is 0 Å². The summed E-state index contributed by atoms with van der Waals surface area (Å²) in [5.41, 5.74) is 5.18. The first-order valence-corrected chi connectivity index (χ1v) is 12.4. The maximum absolute atomic E-state index is 13.5. The Labute approximate surface area is 219 Å². The predicted molar refractivity (Wildman–Crippen MR) is 157 cm³/mol. The van der Waals surface area contributed by atoms with Gasteiger partial charge in [0.05, 0.1) is 16.6 Å². The molecule has 0 bridgehead atoms. The molecule has 38 heavy (non-hydrogen) atoms. The standard InChI is InChI=1S/C33H24N4O/c1-22(24-11-5-3-6-12-24)34-31(26-14-7-4-8-15-26)35-23(2)27-17-18-30-29(21-27)33(38)37-20-19-25-13-9-10-16-28(25)32(37)36-30/h3-21H,1H2,2H3. The van der Waals surface area contributed by atoms with Crippen LogP contribution in [0.25, 0.3) is 33.0 Å². The van der Waals surface area contributed by atoms with Crippen LogP contribution in [-0.2, 0) is 0 Å². The van der Waals surface area contributed by atoms with Crippen molar-refractivity contribution in [2.45, 2.75) is 6.92 Å². The van der Waals surface area contributed by atoms with E-state index in [9.17, 15) is 4.79 Å². The summed E-state index contributed by atoms with van der Waals surface area (Å²) in [6.45, 7) is 6.09. The Morgan fingerprint density at radius 1 is 0.737 bits per heavy atom. The van der Waals surface area contributed by atoms with E-state index in [1.54, 1.807) is 10.6 Å². The molecule has 182 valence electrons. The molecule has 0 spiro atoms. The summed E-state index contributed by atoms with van der Waals surface area (Å²) < 4.78 is 1.61. The molecule has 2 heterocycles. The molecule has 0 unspecified atom stereocenters. The van der Waals surface area contributed by atoms with E-state index >= 15 is 0 Å². The molecule has 0 saturated carbocycles. The highest BCUT2D eigenvalue weighted by molar-refractivity contribution is 6.13. The van der Waals surface area contributed by atoms with Crippen molar-refractivity contribution in [1.82, 2.24) is 9.38 Å². The van der Waals surface area contributed by atoms with Crippen molar-refractivity contribution in [3.05, 3.63) is 149 Å². The van der Waals surface area contributed by atoms with Gasteiger partial charge in [-0.05, 0) is 41.6 Å². The molecule has 2 aromatic heterocycles. The van der Waals surface area contributed by atoms with Crippen LogP contribution >= 0.6 is 0 Å². The fourth-order valence-corrected chi connectivity index (χ4v) is 4.54. The van der Waals surface area contributed by atoms with Crippen LogP contribution in [0.3, 0.4) is 0 Å². The normalized spacial score (nSPS) is 12.3. The second kappa shape index (κ2) is 9.71. The number of aliphatic imine (C=N–C) groups is 2. The largest absolute Gasteiger partial charge is 0.268 e. The van der Waals surface area contributed by atoms with Crippen LogP contribution in [0.1, 0.15) is 23.6 Å². The van der Waals surface area contributed by atoms with Crippen molar-refractivity contribution in [2.75, 3.05) is 0 Å². The second-order valence-corrected chi connectivity index (χ2v) is 9.06. The minimum absolute atomic E-state index is 0.111. The van der Waals surface area contributed by atoms with Crippen molar-refractivity contribution in [3.8, 4) is 0 Å². The maximum atomic E-state index is 13.5. The van der Waals surface area contributed by atoms with Crippen LogP contribution in [0, 0.1) is 0 Å². The molecular weight excluding hydrogens is 468 g/mol. The molecule has 0 saturated heterocycles. The lowest BCUT2D eigenvalue weighted by Crippen LogP contribution is -2.16. The highest BCUT2D eigenvalue weighted by atomic mass is 16.1. The van der Waals surface area contributed by atoms with E-state index in [1.165, 1.54) is 0 Å². The summed E-state index contributed by atoms with van der Waals surface area (Å²) in [4.78, 5) is 28.0. The quantitative estimate of drug-likeness (QED) is 0.116. The van der Waals surface area contributed by atoms with Gasteiger partial charge in [0.25, 0.3) is 5.56 Å². The van der Waals surface area contributed by atoms with E-state index in [2.05, 4.69) is 6.58 Å². The number of rotatable bonds is 4. The number of benzene rings is 4. The molecule has 5 heteroatoms. The summed E-state index contributed by atoms with van der Waals surface area (Å²) in [6, 6.07) is 35.2. The zero-order chi connectivity index (χ0) is 26.1. The summed E-state index contributed by atoms with van der Waals surface area (Å²) in [7, 11) is 0. The third kappa shape index (κ3) is 4.31. The van der Waals surface area contributed by atoms with Crippen molar-refractivity contribution in [2.24, 2.45) is 9.98 Å². The molecule has 4 aromatic carbocycles. The van der Waals surface area contributed by atoms with E-state index in [-0.39, 0.29) is 5.56 Å². The van der Waals surface area contributed by atoms with E-state index < -0.39 is 0 Å². The van der Waals surface area contributed by atoms with Crippen molar-refractivity contribution in [1.29, 1.82) is 0 Å². The van der Waals surface area contributed by atoms with Crippen LogP contribution < -0.4 is 5.56 Å². The Morgan fingerprint density at radius 2 is 1.42 bits per heavy atom. The maximum Gasteiger partial charge on any atom is 0.265 e. The Kier molecular flexibility index (Phi) is 5.94. The van der Waals surface area contributed by atoms with Gasteiger partial charge in [-0.2, -0.15) is 0 Å².